The van der Waals surface area contributed by atoms with Gasteiger partial charge in [-0.25, -0.2) is 9.78 Å². The summed E-state index contributed by atoms with van der Waals surface area (Å²) in [6.45, 7) is -0.239. The van der Waals surface area contributed by atoms with Gasteiger partial charge in [-0.2, -0.15) is 0 Å². The van der Waals surface area contributed by atoms with Gasteiger partial charge < -0.3 is 10.4 Å². The lowest BCUT2D eigenvalue weighted by molar-refractivity contribution is -0.121. The van der Waals surface area contributed by atoms with Crippen LogP contribution in [0.4, 0.5) is 0 Å². The number of rotatable bonds is 4. The molecule has 2 N–H and O–H groups in total. The number of aromatic nitrogens is 2. The third-order valence-electron chi connectivity index (χ3n) is 3.54. The Balaban J connectivity index is 2.34. The minimum Gasteiger partial charge on any atom is -0.478 e. The zero-order valence-corrected chi connectivity index (χ0v) is 13.5. The van der Waals surface area contributed by atoms with Crippen LogP contribution < -0.4 is 10.9 Å². The summed E-state index contributed by atoms with van der Waals surface area (Å²) >= 11 is 1.09. The molecular formula is C16H13N3O4S. The molecule has 0 fully saturated rings. The standard InChI is InChI=1S/C16H13N3O4S/c1-17-11(20)7-19-13(9-5-3-2-4-6-9)18-14-12(15(19)21)10(8-24-14)16(22)23/h2-6,8H,7H2,1H3,(H,17,20)(H,22,23). The number of nitrogens with zero attached hydrogens (tertiary/aromatic N) is 2. The van der Waals surface area contributed by atoms with E-state index in [4.69, 9.17) is 0 Å². The lowest BCUT2D eigenvalue weighted by Gasteiger charge is -2.12. The van der Waals surface area contributed by atoms with Gasteiger partial charge in [0.25, 0.3) is 5.56 Å². The summed E-state index contributed by atoms with van der Waals surface area (Å²) in [4.78, 5) is 40.7. The van der Waals surface area contributed by atoms with E-state index in [9.17, 15) is 19.5 Å². The van der Waals surface area contributed by atoms with Gasteiger partial charge in [0.1, 0.15) is 17.2 Å². The number of amides is 1. The van der Waals surface area contributed by atoms with Gasteiger partial charge in [0.05, 0.1) is 10.9 Å². The SMILES string of the molecule is CNC(=O)Cn1c(-c2ccccc2)nc2scc(C(=O)O)c2c1=O. The largest absolute Gasteiger partial charge is 0.478 e. The number of thiophene rings is 1. The molecule has 2 heterocycles. The summed E-state index contributed by atoms with van der Waals surface area (Å²) in [5, 5.41) is 13.1. The van der Waals surface area contributed by atoms with E-state index in [2.05, 4.69) is 10.3 Å². The van der Waals surface area contributed by atoms with Gasteiger partial charge in [0.2, 0.25) is 5.91 Å². The number of benzene rings is 1. The van der Waals surface area contributed by atoms with E-state index in [-0.39, 0.29) is 23.4 Å². The topological polar surface area (TPSA) is 101 Å². The highest BCUT2D eigenvalue weighted by atomic mass is 32.1. The second-order valence-corrected chi connectivity index (χ2v) is 5.86. The predicted octanol–water partition coefficient (Wildman–Crippen LogP) is 1.57. The number of fused-ring (bicyclic) bond motifs is 1. The molecule has 0 saturated carbocycles. The van der Waals surface area contributed by atoms with Gasteiger partial charge in [-0.15, -0.1) is 11.3 Å². The van der Waals surface area contributed by atoms with Gasteiger partial charge in [-0.1, -0.05) is 30.3 Å². The van der Waals surface area contributed by atoms with Crippen LogP contribution in [-0.4, -0.2) is 33.6 Å². The Bertz CT molecular complexity index is 992. The van der Waals surface area contributed by atoms with Crippen LogP contribution in [0.25, 0.3) is 21.6 Å². The summed E-state index contributed by atoms with van der Waals surface area (Å²) in [6, 6.07) is 8.98. The van der Waals surface area contributed by atoms with E-state index in [1.54, 1.807) is 24.3 Å². The minimum absolute atomic E-state index is 0.0242. The Kier molecular flexibility index (Phi) is 4.13. The normalized spacial score (nSPS) is 10.7. The molecule has 122 valence electrons. The maximum Gasteiger partial charge on any atom is 0.337 e. The Morgan fingerprint density at radius 1 is 1.29 bits per heavy atom. The van der Waals surface area contributed by atoms with Gasteiger partial charge in [0, 0.05) is 18.0 Å². The van der Waals surface area contributed by atoms with Crippen molar-refractivity contribution < 1.29 is 14.7 Å². The molecule has 0 radical (unpaired) electrons. The van der Waals surface area contributed by atoms with Crippen LogP contribution in [0.5, 0.6) is 0 Å². The first-order valence-corrected chi connectivity index (χ1v) is 7.92. The van der Waals surface area contributed by atoms with Crippen molar-refractivity contribution in [2.45, 2.75) is 6.54 Å². The van der Waals surface area contributed by atoms with Gasteiger partial charge >= 0.3 is 5.97 Å². The van der Waals surface area contributed by atoms with Crippen molar-refractivity contribution in [1.29, 1.82) is 0 Å². The highest BCUT2D eigenvalue weighted by Crippen LogP contribution is 2.25. The second-order valence-electron chi connectivity index (χ2n) is 5.00. The molecule has 0 aliphatic carbocycles. The molecule has 0 aliphatic heterocycles. The van der Waals surface area contributed by atoms with Crippen molar-refractivity contribution >= 4 is 33.4 Å². The predicted molar refractivity (Wildman–Crippen MR) is 90.3 cm³/mol. The molecule has 2 aromatic heterocycles. The highest BCUT2D eigenvalue weighted by molar-refractivity contribution is 7.17. The van der Waals surface area contributed by atoms with E-state index in [0.29, 0.717) is 16.2 Å². The van der Waals surface area contributed by atoms with E-state index in [0.717, 1.165) is 11.3 Å². The van der Waals surface area contributed by atoms with Crippen LogP contribution in [0.15, 0.2) is 40.5 Å². The molecule has 0 spiro atoms. The van der Waals surface area contributed by atoms with E-state index in [1.807, 2.05) is 6.07 Å². The van der Waals surface area contributed by atoms with Crippen LogP contribution in [0.2, 0.25) is 0 Å². The molecule has 1 amide bonds. The van der Waals surface area contributed by atoms with Crippen molar-refractivity contribution in [2.24, 2.45) is 0 Å². The molecule has 7 nitrogen and oxygen atoms in total. The molecule has 24 heavy (non-hydrogen) atoms. The van der Waals surface area contributed by atoms with Crippen LogP contribution in [0.1, 0.15) is 10.4 Å². The number of carboxylic acids is 1. The molecule has 0 saturated heterocycles. The maximum atomic E-state index is 12.8. The van der Waals surface area contributed by atoms with Crippen molar-refractivity contribution in [3.05, 3.63) is 51.6 Å². The molecule has 3 aromatic rings. The van der Waals surface area contributed by atoms with Gasteiger partial charge in [-0.05, 0) is 0 Å². The van der Waals surface area contributed by atoms with Crippen LogP contribution in [-0.2, 0) is 11.3 Å². The third-order valence-corrected chi connectivity index (χ3v) is 4.41. The molecule has 0 bridgehead atoms. The van der Waals surface area contributed by atoms with Crippen molar-refractivity contribution in [3.8, 4) is 11.4 Å². The zero-order chi connectivity index (χ0) is 17.3. The summed E-state index contributed by atoms with van der Waals surface area (Å²) in [5.41, 5.74) is 0.0320. The smallest absolute Gasteiger partial charge is 0.337 e. The average Bonchev–Trinajstić information content (AvgIpc) is 3.02. The quantitative estimate of drug-likeness (QED) is 0.749. The fourth-order valence-electron chi connectivity index (χ4n) is 2.36. The van der Waals surface area contributed by atoms with E-state index in [1.165, 1.54) is 17.0 Å². The summed E-state index contributed by atoms with van der Waals surface area (Å²) in [5.74, 6) is -1.24. The highest BCUT2D eigenvalue weighted by Gasteiger charge is 2.21. The summed E-state index contributed by atoms with van der Waals surface area (Å²) in [6.07, 6.45) is 0. The minimum atomic E-state index is -1.20. The second kappa shape index (κ2) is 6.25. The summed E-state index contributed by atoms with van der Waals surface area (Å²) in [7, 11) is 1.47. The number of hydrogen-bond acceptors (Lipinski definition) is 5. The van der Waals surface area contributed by atoms with Crippen LogP contribution >= 0.6 is 11.3 Å². The van der Waals surface area contributed by atoms with E-state index < -0.39 is 11.5 Å². The van der Waals surface area contributed by atoms with Gasteiger partial charge in [0.15, 0.2) is 0 Å². The number of likely N-dealkylation sites (N-methyl/N-ethyl adjacent to an activating group) is 1. The Morgan fingerprint density at radius 3 is 2.62 bits per heavy atom. The molecule has 1 aromatic carbocycles. The number of hydrogen-bond donors (Lipinski definition) is 2. The van der Waals surface area contributed by atoms with Crippen molar-refractivity contribution in [3.63, 3.8) is 0 Å². The molecule has 0 unspecified atom stereocenters. The van der Waals surface area contributed by atoms with E-state index >= 15 is 0 Å². The molecule has 0 atom stereocenters. The Hall–Kier alpha value is -3.00. The number of aromatic carboxylic acids is 1. The fourth-order valence-corrected chi connectivity index (χ4v) is 3.26. The number of carbonyl (C=O) groups is 2. The van der Waals surface area contributed by atoms with Gasteiger partial charge in [-0.3, -0.25) is 14.2 Å². The molecule has 8 heteroatoms. The average molecular weight is 343 g/mol. The van der Waals surface area contributed by atoms with Crippen molar-refractivity contribution in [2.75, 3.05) is 7.05 Å². The summed E-state index contributed by atoms with van der Waals surface area (Å²) < 4.78 is 1.20. The maximum absolute atomic E-state index is 12.8. The monoisotopic (exact) mass is 343 g/mol. The lowest BCUT2D eigenvalue weighted by Crippen LogP contribution is -2.32. The first kappa shape index (κ1) is 15.9. The Morgan fingerprint density at radius 2 is 2.00 bits per heavy atom. The van der Waals surface area contributed by atoms with Crippen LogP contribution in [0.3, 0.4) is 0 Å². The molecule has 0 aliphatic rings. The number of carboxylic acid groups (broad SMARTS) is 1. The Labute approximate surface area is 140 Å². The lowest BCUT2D eigenvalue weighted by atomic mass is 10.2. The fraction of sp³-hybridized carbons (Fsp3) is 0.125. The first-order chi connectivity index (χ1) is 11.5. The number of carbonyl (C=O) groups excluding carboxylic acids is 1. The first-order valence-electron chi connectivity index (χ1n) is 7.04. The molecule has 3 rings (SSSR count). The zero-order valence-electron chi connectivity index (χ0n) is 12.6. The third kappa shape index (κ3) is 2.67. The number of nitrogens with one attached hydrogen (secondary N) is 1. The van der Waals surface area contributed by atoms with Crippen LogP contribution in [0, 0.1) is 0 Å². The molecular weight excluding hydrogens is 330 g/mol. The van der Waals surface area contributed by atoms with Crippen molar-refractivity contribution in [1.82, 2.24) is 14.9 Å².